The lowest BCUT2D eigenvalue weighted by Gasteiger charge is -2.11. The number of aliphatic hydroxyl groups is 1. The van der Waals surface area contributed by atoms with Crippen molar-refractivity contribution >= 4 is 5.69 Å². The van der Waals surface area contributed by atoms with Crippen LogP contribution in [-0.2, 0) is 13.2 Å². The van der Waals surface area contributed by atoms with Gasteiger partial charge in [-0.15, -0.1) is 0 Å². The lowest BCUT2D eigenvalue weighted by atomic mass is 10.1. The maximum absolute atomic E-state index is 11.1. The second-order valence-corrected chi connectivity index (χ2v) is 4.67. The van der Waals surface area contributed by atoms with Crippen molar-refractivity contribution in [2.75, 3.05) is 0 Å². The second kappa shape index (κ2) is 6.32. The van der Waals surface area contributed by atoms with Crippen LogP contribution in [0.3, 0.4) is 0 Å². The largest absolute Gasteiger partial charge is 0.487 e. The molecule has 2 rings (SSSR count). The van der Waals surface area contributed by atoms with Crippen molar-refractivity contribution in [3.8, 4) is 5.75 Å². The van der Waals surface area contributed by atoms with Crippen molar-refractivity contribution in [2.24, 2.45) is 0 Å². The van der Waals surface area contributed by atoms with Gasteiger partial charge in [0.15, 0.2) is 0 Å². The van der Waals surface area contributed by atoms with Crippen LogP contribution in [0.5, 0.6) is 5.75 Å². The first-order valence-electron chi connectivity index (χ1n) is 6.45. The summed E-state index contributed by atoms with van der Waals surface area (Å²) < 4.78 is 5.62. The predicted octanol–water partition coefficient (Wildman–Crippen LogP) is 2.68. The smallest absolute Gasteiger partial charge is 0.278 e. The van der Waals surface area contributed by atoms with E-state index in [1.165, 1.54) is 6.20 Å². The molecule has 6 heteroatoms. The van der Waals surface area contributed by atoms with E-state index in [2.05, 4.69) is 4.98 Å². The average Bonchev–Trinajstić information content (AvgIpc) is 2.46. The molecule has 0 unspecified atom stereocenters. The number of ether oxygens (including phenoxy) is 1. The van der Waals surface area contributed by atoms with Gasteiger partial charge in [-0.1, -0.05) is 18.2 Å². The van der Waals surface area contributed by atoms with Gasteiger partial charge >= 0.3 is 0 Å². The summed E-state index contributed by atoms with van der Waals surface area (Å²) in [6.45, 7) is 3.30. The number of aromatic nitrogens is 1. The zero-order valence-corrected chi connectivity index (χ0v) is 11.9. The van der Waals surface area contributed by atoms with Gasteiger partial charge in [-0.05, 0) is 19.9 Å². The molecule has 1 N–H and O–H groups in total. The molecule has 0 aliphatic rings. The van der Waals surface area contributed by atoms with Gasteiger partial charge in [0, 0.05) is 17.3 Å². The summed E-state index contributed by atoms with van der Waals surface area (Å²) in [5, 5.41) is 20.3. The van der Waals surface area contributed by atoms with Gasteiger partial charge in [0.25, 0.3) is 5.69 Å². The molecule has 21 heavy (non-hydrogen) atoms. The van der Waals surface area contributed by atoms with E-state index in [1.54, 1.807) is 38.1 Å². The molecule has 110 valence electrons. The second-order valence-electron chi connectivity index (χ2n) is 4.67. The van der Waals surface area contributed by atoms with Crippen LogP contribution in [0, 0.1) is 24.0 Å². The molecule has 0 saturated carbocycles. The summed E-state index contributed by atoms with van der Waals surface area (Å²) in [6, 6.07) is 7.10. The van der Waals surface area contributed by atoms with Crippen LogP contribution in [-0.4, -0.2) is 15.0 Å². The highest BCUT2D eigenvalue weighted by molar-refractivity contribution is 5.47. The number of hydrogen-bond donors (Lipinski definition) is 1. The van der Waals surface area contributed by atoms with Crippen LogP contribution in [0.2, 0.25) is 0 Å². The Balaban J connectivity index is 2.25. The number of nitro groups is 1. The first-order chi connectivity index (χ1) is 10.0. The van der Waals surface area contributed by atoms with Crippen LogP contribution in [0.4, 0.5) is 5.69 Å². The van der Waals surface area contributed by atoms with E-state index in [9.17, 15) is 15.2 Å². The van der Waals surface area contributed by atoms with Crippen LogP contribution < -0.4 is 4.74 Å². The van der Waals surface area contributed by atoms with Crippen LogP contribution >= 0.6 is 0 Å². The zero-order valence-electron chi connectivity index (χ0n) is 11.9. The Labute approximate surface area is 122 Å². The average molecular weight is 288 g/mol. The maximum Gasteiger partial charge on any atom is 0.278 e. The van der Waals surface area contributed by atoms with E-state index in [4.69, 9.17) is 4.74 Å². The SMILES string of the molecule is Cc1cnc(COc2ccccc2CO)c(C)c1[N+](=O)[O-]. The summed E-state index contributed by atoms with van der Waals surface area (Å²) in [5.41, 5.74) is 2.27. The Kier molecular flexibility index (Phi) is 4.49. The summed E-state index contributed by atoms with van der Waals surface area (Å²) >= 11 is 0. The van der Waals surface area contributed by atoms with Gasteiger partial charge in [-0.2, -0.15) is 0 Å². The molecule has 0 amide bonds. The van der Waals surface area contributed by atoms with Crippen molar-refractivity contribution in [1.29, 1.82) is 0 Å². The minimum atomic E-state index is -0.405. The molecule has 0 fully saturated rings. The molecule has 0 radical (unpaired) electrons. The quantitative estimate of drug-likeness (QED) is 0.675. The minimum Gasteiger partial charge on any atom is -0.487 e. The highest BCUT2D eigenvalue weighted by atomic mass is 16.6. The third-order valence-electron chi connectivity index (χ3n) is 3.27. The lowest BCUT2D eigenvalue weighted by molar-refractivity contribution is -0.386. The summed E-state index contributed by atoms with van der Waals surface area (Å²) in [6.07, 6.45) is 1.47. The fourth-order valence-electron chi connectivity index (χ4n) is 2.11. The van der Waals surface area contributed by atoms with E-state index in [1.807, 2.05) is 0 Å². The molecule has 2 aromatic rings. The monoisotopic (exact) mass is 288 g/mol. The Bertz CT molecular complexity index is 671. The van der Waals surface area contributed by atoms with Crippen LogP contribution in [0.15, 0.2) is 30.5 Å². The number of para-hydroxylation sites is 1. The number of pyridine rings is 1. The van der Waals surface area contributed by atoms with Gasteiger partial charge in [0.05, 0.1) is 22.8 Å². The highest BCUT2D eigenvalue weighted by Crippen LogP contribution is 2.25. The number of benzene rings is 1. The number of nitrogens with zero attached hydrogens (tertiary/aromatic N) is 2. The lowest BCUT2D eigenvalue weighted by Crippen LogP contribution is -2.06. The predicted molar refractivity (Wildman–Crippen MR) is 77.1 cm³/mol. The van der Waals surface area contributed by atoms with E-state index >= 15 is 0 Å². The van der Waals surface area contributed by atoms with E-state index in [0.29, 0.717) is 28.1 Å². The molecular weight excluding hydrogens is 272 g/mol. The molecule has 1 heterocycles. The van der Waals surface area contributed by atoms with Gasteiger partial charge in [-0.3, -0.25) is 15.1 Å². The molecule has 0 bridgehead atoms. The van der Waals surface area contributed by atoms with Gasteiger partial charge in [0.1, 0.15) is 12.4 Å². The number of hydrogen-bond acceptors (Lipinski definition) is 5. The van der Waals surface area contributed by atoms with E-state index in [0.717, 1.165) is 0 Å². The zero-order chi connectivity index (χ0) is 15.4. The Morgan fingerprint density at radius 3 is 2.71 bits per heavy atom. The Hall–Kier alpha value is -2.47. The summed E-state index contributed by atoms with van der Waals surface area (Å²) in [7, 11) is 0. The maximum atomic E-state index is 11.1. The third kappa shape index (κ3) is 3.17. The van der Waals surface area contributed by atoms with Crippen molar-refractivity contribution in [3.05, 3.63) is 63.0 Å². The number of aliphatic hydroxyl groups excluding tert-OH is 1. The van der Waals surface area contributed by atoms with Crippen molar-refractivity contribution in [1.82, 2.24) is 4.98 Å². The van der Waals surface area contributed by atoms with E-state index < -0.39 is 4.92 Å². The Morgan fingerprint density at radius 1 is 1.33 bits per heavy atom. The third-order valence-corrected chi connectivity index (χ3v) is 3.27. The molecule has 0 spiro atoms. The van der Waals surface area contributed by atoms with Gasteiger partial charge in [0.2, 0.25) is 0 Å². The number of rotatable bonds is 5. The minimum absolute atomic E-state index is 0.0686. The standard InChI is InChI=1S/C15H16N2O4/c1-10-7-16-13(11(2)15(10)17(19)20)9-21-14-6-4-3-5-12(14)8-18/h3-7,18H,8-9H2,1-2H3. The van der Waals surface area contributed by atoms with Crippen LogP contribution in [0.25, 0.3) is 0 Å². The topological polar surface area (TPSA) is 85.5 Å². The number of aryl methyl sites for hydroxylation is 1. The normalized spacial score (nSPS) is 10.4. The van der Waals surface area contributed by atoms with Gasteiger partial charge < -0.3 is 9.84 Å². The molecule has 1 aromatic heterocycles. The van der Waals surface area contributed by atoms with Crippen molar-refractivity contribution in [3.63, 3.8) is 0 Å². The van der Waals surface area contributed by atoms with Crippen LogP contribution in [0.1, 0.15) is 22.4 Å². The molecule has 0 aliphatic carbocycles. The molecule has 0 atom stereocenters. The highest BCUT2D eigenvalue weighted by Gasteiger charge is 2.19. The van der Waals surface area contributed by atoms with Crippen molar-refractivity contribution in [2.45, 2.75) is 27.1 Å². The fraction of sp³-hybridized carbons (Fsp3) is 0.267. The van der Waals surface area contributed by atoms with E-state index in [-0.39, 0.29) is 18.9 Å². The summed E-state index contributed by atoms with van der Waals surface area (Å²) in [4.78, 5) is 14.9. The van der Waals surface area contributed by atoms with Crippen molar-refractivity contribution < 1.29 is 14.8 Å². The summed E-state index contributed by atoms with van der Waals surface area (Å²) in [5.74, 6) is 0.546. The molecule has 1 aromatic carbocycles. The molecule has 0 saturated heterocycles. The first kappa shape index (κ1) is 14.9. The van der Waals surface area contributed by atoms with Gasteiger partial charge in [-0.25, -0.2) is 0 Å². The molecule has 6 nitrogen and oxygen atoms in total. The fourth-order valence-corrected chi connectivity index (χ4v) is 2.11. The molecular formula is C15H16N2O4. The molecule has 0 aliphatic heterocycles. The first-order valence-corrected chi connectivity index (χ1v) is 6.45. The Morgan fingerprint density at radius 2 is 2.05 bits per heavy atom.